The van der Waals surface area contributed by atoms with E-state index in [1.807, 2.05) is 30.3 Å². The molecule has 0 unspecified atom stereocenters. The minimum atomic E-state index is -3.60. The van der Waals surface area contributed by atoms with Crippen molar-refractivity contribution in [3.8, 4) is 5.75 Å². The quantitative estimate of drug-likeness (QED) is 0.672. The number of aryl methyl sites for hydroxylation is 1. The van der Waals surface area contributed by atoms with Gasteiger partial charge in [0.25, 0.3) is 10.0 Å². The Bertz CT molecular complexity index is 948. The fraction of sp³-hybridized carbons (Fsp3) is 0.478. The first kappa shape index (κ1) is 20.7. The summed E-state index contributed by atoms with van der Waals surface area (Å²) in [6.45, 7) is 9.15. The van der Waals surface area contributed by atoms with Crippen molar-refractivity contribution in [1.29, 1.82) is 0 Å². The summed E-state index contributed by atoms with van der Waals surface area (Å²) in [5, 5.41) is 0. The number of rotatable bonds is 6. The summed E-state index contributed by atoms with van der Waals surface area (Å²) >= 11 is 0. The molecule has 4 nitrogen and oxygen atoms in total. The van der Waals surface area contributed by atoms with Crippen LogP contribution >= 0.6 is 0 Å². The molecule has 152 valence electrons. The van der Waals surface area contributed by atoms with Crippen LogP contribution in [-0.4, -0.2) is 22.1 Å². The van der Waals surface area contributed by atoms with Crippen molar-refractivity contribution in [3.63, 3.8) is 0 Å². The molecule has 0 aromatic heterocycles. The molecule has 0 aliphatic carbocycles. The van der Waals surface area contributed by atoms with Crippen LogP contribution in [0.1, 0.15) is 56.7 Å². The zero-order valence-corrected chi connectivity index (χ0v) is 18.3. The number of fused-ring (bicyclic) bond motifs is 1. The maximum absolute atomic E-state index is 13.5. The second kappa shape index (κ2) is 8.16. The summed E-state index contributed by atoms with van der Waals surface area (Å²) in [7, 11) is -1.97. The van der Waals surface area contributed by atoms with Gasteiger partial charge in [-0.2, -0.15) is 0 Å². The molecule has 3 rings (SSSR count). The van der Waals surface area contributed by atoms with E-state index in [1.54, 1.807) is 17.5 Å². The van der Waals surface area contributed by atoms with Gasteiger partial charge in [0, 0.05) is 6.54 Å². The van der Waals surface area contributed by atoms with Crippen molar-refractivity contribution >= 4 is 15.7 Å². The van der Waals surface area contributed by atoms with Gasteiger partial charge in [0.2, 0.25) is 0 Å². The van der Waals surface area contributed by atoms with Crippen molar-refractivity contribution < 1.29 is 13.2 Å². The molecule has 2 aromatic rings. The second-order valence-corrected chi connectivity index (χ2v) is 10.2. The molecule has 2 aromatic carbocycles. The molecule has 1 heterocycles. The molecule has 0 radical (unpaired) electrons. The Kier molecular flexibility index (Phi) is 6.04. The molecule has 1 aliphatic heterocycles. The summed E-state index contributed by atoms with van der Waals surface area (Å²) < 4.78 is 33.9. The minimum absolute atomic E-state index is 0.369. The van der Waals surface area contributed by atoms with Gasteiger partial charge in [0.05, 0.1) is 17.7 Å². The van der Waals surface area contributed by atoms with Gasteiger partial charge in [-0.3, -0.25) is 4.31 Å². The van der Waals surface area contributed by atoms with Crippen LogP contribution in [0.5, 0.6) is 5.75 Å². The summed E-state index contributed by atoms with van der Waals surface area (Å²) in [5.41, 5.74) is 4.16. The third kappa shape index (κ3) is 4.04. The predicted octanol–water partition coefficient (Wildman–Crippen LogP) is 5.16. The molecule has 0 amide bonds. The van der Waals surface area contributed by atoms with Crippen molar-refractivity contribution in [3.05, 3.63) is 53.1 Å². The lowest BCUT2D eigenvalue weighted by molar-refractivity contribution is 0.414. The number of hydrogen-bond donors (Lipinski definition) is 0. The van der Waals surface area contributed by atoms with E-state index in [1.165, 1.54) is 5.56 Å². The number of nitrogens with zero attached hydrogens (tertiary/aromatic N) is 1. The summed E-state index contributed by atoms with van der Waals surface area (Å²) in [5.74, 6) is 1.60. The highest BCUT2D eigenvalue weighted by atomic mass is 32.2. The molecule has 0 fully saturated rings. The van der Waals surface area contributed by atoms with Gasteiger partial charge < -0.3 is 4.74 Å². The first-order valence-electron chi connectivity index (χ1n) is 10.1. The van der Waals surface area contributed by atoms with Gasteiger partial charge in [-0.25, -0.2) is 8.42 Å². The van der Waals surface area contributed by atoms with Gasteiger partial charge >= 0.3 is 0 Å². The summed E-state index contributed by atoms with van der Waals surface area (Å²) in [6.07, 6.45) is 2.55. The minimum Gasteiger partial charge on any atom is -0.497 e. The average Bonchev–Trinajstić information content (AvgIpc) is 2.66. The maximum Gasteiger partial charge on any atom is 0.264 e. The molecule has 1 aliphatic rings. The van der Waals surface area contributed by atoms with Crippen LogP contribution in [0.2, 0.25) is 0 Å². The van der Waals surface area contributed by atoms with Crippen LogP contribution < -0.4 is 9.04 Å². The fourth-order valence-corrected chi connectivity index (χ4v) is 5.56. The van der Waals surface area contributed by atoms with E-state index in [2.05, 4.69) is 27.7 Å². The Balaban J connectivity index is 2.05. The number of benzene rings is 2. The van der Waals surface area contributed by atoms with Gasteiger partial charge in [-0.15, -0.1) is 0 Å². The van der Waals surface area contributed by atoms with Gasteiger partial charge in [0.1, 0.15) is 5.75 Å². The lowest BCUT2D eigenvalue weighted by Gasteiger charge is -2.31. The van der Waals surface area contributed by atoms with Gasteiger partial charge in [0.15, 0.2) is 0 Å². The number of anilines is 1. The number of ether oxygens (including phenoxy) is 1. The predicted molar refractivity (Wildman–Crippen MR) is 115 cm³/mol. The van der Waals surface area contributed by atoms with E-state index >= 15 is 0 Å². The Hall–Kier alpha value is -2.01. The molecular weight excluding hydrogens is 370 g/mol. The van der Waals surface area contributed by atoms with Crippen LogP contribution in [0.25, 0.3) is 0 Å². The molecule has 0 saturated carbocycles. The highest BCUT2D eigenvalue weighted by molar-refractivity contribution is 7.92. The number of hydrogen-bond acceptors (Lipinski definition) is 3. The van der Waals surface area contributed by atoms with Gasteiger partial charge in [-0.1, -0.05) is 33.8 Å². The van der Waals surface area contributed by atoms with Crippen molar-refractivity contribution in [2.75, 3.05) is 18.0 Å². The van der Waals surface area contributed by atoms with Crippen LogP contribution in [-0.2, 0) is 22.9 Å². The zero-order valence-electron chi connectivity index (χ0n) is 17.5. The SMILES string of the molecule is COc1ccc2c(c1)CCCN2S(=O)(=O)c1ccc(C(C)C)c(CC(C)C)c1. The van der Waals surface area contributed by atoms with Crippen molar-refractivity contribution in [2.24, 2.45) is 5.92 Å². The fourth-order valence-electron chi connectivity index (χ4n) is 3.97. The third-order valence-corrected chi connectivity index (χ3v) is 7.12. The van der Waals surface area contributed by atoms with Crippen molar-refractivity contribution in [1.82, 2.24) is 0 Å². The van der Waals surface area contributed by atoms with E-state index in [9.17, 15) is 8.42 Å². The zero-order chi connectivity index (χ0) is 20.5. The Morgan fingerprint density at radius 3 is 2.46 bits per heavy atom. The molecule has 0 saturated heterocycles. The molecule has 5 heteroatoms. The standard InChI is InChI=1S/C23H31NO3S/c1-16(2)13-19-15-21(9-10-22(19)17(3)4)28(25,26)24-12-6-7-18-14-20(27-5)8-11-23(18)24/h8-11,14-17H,6-7,12-13H2,1-5H3. The van der Waals surface area contributed by atoms with Crippen molar-refractivity contribution in [2.45, 2.75) is 57.8 Å². The van der Waals surface area contributed by atoms with Crippen LogP contribution in [0, 0.1) is 5.92 Å². The van der Waals surface area contributed by atoms with E-state index in [-0.39, 0.29) is 0 Å². The second-order valence-electron chi connectivity index (χ2n) is 8.29. The highest BCUT2D eigenvalue weighted by Crippen LogP contribution is 2.35. The molecular formula is C23H31NO3S. The molecule has 28 heavy (non-hydrogen) atoms. The smallest absolute Gasteiger partial charge is 0.264 e. The topological polar surface area (TPSA) is 46.6 Å². The van der Waals surface area contributed by atoms with E-state index in [0.717, 1.165) is 41.8 Å². The first-order chi connectivity index (χ1) is 13.2. The Labute approximate surface area is 169 Å². The summed E-state index contributed by atoms with van der Waals surface area (Å²) in [6, 6.07) is 11.3. The Morgan fingerprint density at radius 1 is 1.07 bits per heavy atom. The largest absolute Gasteiger partial charge is 0.497 e. The van der Waals surface area contributed by atoms with Crippen LogP contribution in [0.15, 0.2) is 41.3 Å². The number of methoxy groups -OCH3 is 1. The molecule has 0 bridgehead atoms. The maximum atomic E-state index is 13.5. The molecule has 0 spiro atoms. The van der Waals surface area contributed by atoms with Crippen LogP contribution in [0.4, 0.5) is 5.69 Å². The third-order valence-electron chi connectivity index (χ3n) is 5.32. The highest BCUT2D eigenvalue weighted by Gasteiger charge is 2.30. The van der Waals surface area contributed by atoms with Gasteiger partial charge in [-0.05, 0) is 78.1 Å². The van der Waals surface area contributed by atoms with E-state index in [4.69, 9.17) is 4.74 Å². The monoisotopic (exact) mass is 401 g/mol. The normalized spacial score (nSPS) is 14.5. The van der Waals surface area contributed by atoms with E-state index < -0.39 is 10.0 Å². The lowest BCUT2D eigenvalue weighted by Crippen LogP contribution is -2.35. The molecule has 0 N–H and O–H groups in total. The summed E-state index contributed by atoms with van der Waals surface area (Å²) in [4.78, 5) is 0.385. The first-order valence-corrected chi connectivity index (χ1v) is 11.5. The number of sulfonamides is 1. The Morgan fingerprint density at radius 2 is 1.82 bits per heavy atom. The average molecular weight is 402 g/mol. The lowest BCUT2D eigenvalue weighted by atomic mass is 9.92. The van der Waals surface area contributed by atoms with E-state index in [0.29, 0.717) is 23.3 Å². The van der Waals surface area contributed by atoms with Crippen LogP contribution in [0.3, 0.4) is 0 Å². The molecule has 0 atom stereocenters.